The highest BCUT2D eigenvalue weighted by Crippen LogP contribution is 2.35. The number of benzene rings is 1. The normalized spacial score (nSPS) is 21.4. The van der Waals surface area contributed by atoms with Crippen LogP contribution in [0.3, 0.4) is 0 Å². The van der Waals surface area contributed by atoms with Gasteiger partial charge in [0, 0.05) is 0 Å². The number of hydrogen-bond acceptors (Lipinski definition) is 6. The topological polar surface area (TPSA) is 103 Å². The number of halogens is 1. The number of hydrogen-bond donors (Lipinski definition) is 2. The van der Waals surface area contributed by atoms with Crippen LogP contribution in [0.1, 0.15) is 37.4 Å². The smallest absolute Gasteiger partial charge is 0.266 e. The average Bonchev–Trinajstić information content (AvgIpc) is 3.18. The Morgan fingerprint density at radius 3 is 2.83 bits per heavy atom. The average molecular weight is 351 g/mol. The van der Waals surface area contributed by atoms with E-state index in [1.807, 2.05) is 18.2 Å². The lowest BCUT2D eigenvalue weighted by Gasteiger charge is -2.24. The number of nitrogens with one attached hydrogen (secondary N) is 1. The molecule has 0 radical (unpaired) electrons. The van der Waals surface area contributed by atoms with Gasteiger partial charge in [-0.1, -0.05) is 30.1 Å². The molecule has 1 aliphatic carbocycles. The van der Waals surface area contributed by atoms with Gasteiger partial charge in [-0.25, -0.2) is 0 Å². The fourth-order valence-electron chi connectivity index (χ4n) is 3.16. The summed E-state index contributed by atoms with van der Waals surface area (Å²) in [5.41, 5.74) is 6.50. The van der Waals surface area contributed by atoms with Crippen molar-refractivity contribution in [3.8, 4) is 5.75 Å². The molecule has 1 aromatic heterocycles. The van der Waals surface area contributed by atoms with Gasteiger partial charge >= 0.3 is 0 Å². The number of nitrogens with zero attached hydrogens (tertiary/aromatic N) is 2. The van der Waals surface area contributed by atoms with Crippen molar-refractivity contribution in [1.29, 1.82) is 0 Å². The first kappa shape index (κ1) is 16.7. The lowest BCUT2D eigenvalue weighted by atomic mass is 9.99. The molecule has 4 rings (SSSR count). The van der Waals surface area contributed by atoms with Crippen LogP contribution < -0.4 is 15.8 Å². The minimum Gasteiger partial charge on any atom is -0.478 e. The van der Waals surface area contributed by atoms with Gasteiger partial charge in [0.25, 0.3) is 5.91 Å². The van der Waals surface area contributed by atoms with Crippen molar-refractivity contribution >= 4 is 24.0 Å². The Morgan fingerprint density at radius 2 is 2.04 bits per heavy atom. The third-order valence-electron chi connectivity index (χ3n) is 4.48. The Hall–Kier alpha value is -2.12. The standard InChI is InChI=1S/C16H18N4O3.ClH/c17-16(7-3-4-8-16)15-19-13(23-20-15)9-12-14(21)18-10-5-1-2-6-11(10)22-12;/h1-2,5-6,12H,3-4,7-9,17H2,(H,18,21);1H. The van der Waals surface area contributed by atoms with Crippen LogP contribution in [-0.2, 0) is 16.8 Å². The molecule has 24 heavy (non-hydrogen) atoms. The van der Waals surface area contributed by atoms with E-state index >= 15 is 0 Å². The molecule has 2 aromatic rings. The minimum absolute atomic E-state index is 0. The van der Waals surface area contributed by atoms with Gasteiger partial charge in [-0.3, -0.25) is 4.79 Å². The van der Waals surface area contributed by atoms with E-state index in [-0.39, 0.29) is 24.7 Å². The number of para-hydroxylation sites is 2. The Bertz CT molecular complexity index is 742. The monoisotopic (exact) mass is 350 g/mol. The maximum atomic E-state index is 12.1. The summed E-state index contributed by atoms with van der Waals surface area (Å²) >= 11 is 0. The lowest BCUT2D eigenvalue weighted by molar-refractivity contribution is -0.123. The van der Waals surface area contributed by atoms with E-state index in [0.29, 0.717) is 23.2 Å². The largest absolute Gasteiger partial charge is 0.478 e. The number of fused-ring (bicyclic) bond motifs is 1. The number of ether oxygens (including phenoxy) is 1. The van der Waals surface area contributed by atoms with Crippen molar-refractivity contribution in [3.63, 3.8) is 0 Å². The molecule has 7 nitrogen and oxygen atoms in total. The van der Waals surface area contributed by atoms with E-state index in [0.717, 1.165) is 25.7 Å². The van der Waals surface area contributed by atoms with Crippen molar-refractivity contribution in [1.82, 2.24) is 10.1 Å². The number of carbonyl (C=O) groups excluding carboxylic acids is 1. The molecule has 8 heteroatoms. The maximum Gasteiger partial charge on any atom is 0.266 e. The summed E-state index contributed by atoms with van der Waals surface area (Å²) in [7, 11) is 0. The third-order valence-corrected chi connectivity index (χ3v) is 4.48. The molecule has 1 saturated carbocycles. The van der Waals surface area contributed by atoms with Crippen molar-refractivity contribution in [2.75, 3.05) is 5.32 Å². The van der Waals surface area contributed by atoms with E-state index in [1.54, 1.807) is 6.07 Å². The van der Waals surface area contributed by atoms with Gasteiger partial charge in [-0.05, 0) is 25.0 Å². The number of aromatic nitrogens is 2. The van der Waals surface area contributed by atoms with Gasteiger partial charge < -0.3 is 20.3 Å². The van der Waals surface area contributed by atoms with Gasteiger partial charge in [0.2, 0.25) is 5.89 Å². The highest BCUT2D eigenvalue weighted by atomic mass is 35.5. The van der Waals surface area contributed by atoms with E-state index in [2.05, 4.69) is 15.5 Å². The first-order chi connectivity index (χ1) is 11.1. The Labute approximate surface area is 145 Å². The van der Waals surface area contributed by atoms with Crippen LogP contribution in [0.4, 0.5) is 5.69 Å². The van der Waals surface area contributed by atoms with E-state index in [1.165, 1.54) is 0 Å². The van der Waals surface area contributed by atoms with Gasteiger partial charge in [0.05, 0.1) is 17.6 Å². The highest BCUT2D eigenvalue weighted by molar-refractivity contribution is 5.97. The second kappa shape index (κ2) is 6.41. The third kappa shape index (κ3) is 2.97. The van der Waals surface area contributed by atoms with Crippen LogP contribution in [0, 0.1) is 0 Å². The molecule has 1 unspecified atom stereocenters. The first-order valence-corrected chi connectivity index (χ1v) is 7.83. The molecule has 1 fully saturated rings. The molecule has 1 aromatic carbocycles. The highest BCUT2D eigenvalue weighted by Gasteiger charge is 2.37. The van der Waals surface area contributed by atoms with Crippen LogP contribution in [0.15, 0.2) is 28.8 Å². The zero-order chi connectivity index (χ0) is 15.9. The molecule has 2 heterocycles. The molecule has 2 aliphatic rings. The summed E-state index contributed by atoms with van der Waals surface area (Å²) < 4.78 is 11.0. The number of nitrogens with two attached hydrogens (primary N) is 1. The van der Waals surface area contributed by atoms with Crippen LogP contribution >= 0.6 is 12.4 Å². The molecule has 0 spiro atoms. The minimum atomic E-state index is -0.685. The number of anilines is 1. The van der Waals surface area contributed by atoms with Crippen LogP contribution in [0.2, 0.25) is 0 Å². The fourth-order valence-corrected chi connectivity index (χ4v) is 3.16. The first-order valence-electron chi connectivity index (χ1n) is 7.83. The molecule has 1 atom stereocenters. The molecule has 0 bridgehead atoms. The molecular weight excluding hydrogens is 332 g/mol. The molecule has 128 valence electrons. The Balaban J connectivity index is 0.00000169. The summed E-state index contributed by atoms with van der Waals surface area (Å²) in [5.74, 6) is 1.33. The predicted molar refractivity (Wildman–Crippen MR) is 89.1 cm³/mol. The summed E-state index contributed by atoms with van der Waals surface area (Å²) in [4.78, 5) is 16.5. The quantitative estimate of drug-likeness (QED) is 0.879. The molecular formula is C16H19ClN4O3. The molecule has 1 aliphatic heterocycles. The fraction of sp³-hybridized carbons (Fsp3) is 0.438. The van der Waals surface area contributed by atoms with Crippen LogP contribution in [0.5, 0.6) is 5.75 Å². The van der Waals surface area contributed by atoms with Crippen molar-refractivity contribution in [2.24, 2.45) is 5.73 Å². The summed E-state index contributed by atoms with van der Waals surface area (Å²) in [6.45, 7) is 0. The summed E-state index contributed by atoms with van der Waals surface area (Å²) in [5, 5.41) is 6.83. The zero-order valence-corrected chi connectivity index (χ0v) is 13.8. The van der Waals surface area contributed by atoms with Gasteiger partial charge in [-0.15, -0.1) is 12.4 Å². The van der Waals surface area contributed by atoms with Crippen LogP contribution in [0.25, 0.3) is 0 Å². The molecule has 1 amide bonds. The second-order valence-corrected chi connectivity index (χ2v) is 6.17. The molecule has 3 N–H and O–H groups in total. The Morgan fingerprint density at radius 1 is 1.29 bits per heavy atom. The number of rotatable bonds is 3. The van der Waals surface area contributed by atoms with E-state index in [9.17, 15) is 4.79 Å². The second-order valence-electron chi connectivity index (χ2n) is 6.17. The maximum absolute atomic E-state index is 12.1. The van der Waals surface area contributed by atoms with Crippen molar-refractivity contribution in [3.05, 3.63) is 36.0 Å². The summed E-state index contributed by atoms with van der Waals surface area (Å²) in [6, 6.07) is 7.31. The van der Waals surface area contributed by atoms with Crippen molar-refractivity contribution in [2.45, 2.75) is 43.7 Å². The summed E-state index contributed by atoms with van der Waals surface area (Å²) in [6.07, 6.45) is 3.41. The van der Waals surface area contributed by atoms with E-state index < -0.39 is 11.6 Å². The predicted octanol–water partition coefficient (Wildman–Crippen LogP) is 2.16. The van der Waals surface area contributed by atoms with Gasteiger partial charge in [0.15, 0.2) is 11.9 Å². The van der Waals surface area contributed by atoms with Gasteiger partial charge in [-0.2, -0.15) is 4.98 Å². The van der Waals surface area contributed by atoms with Crippen molar-refractivity contribution < 1.29 is 14.1 Å². The van der Waals surface area contributed by atoms with Gasteiger partial charge in [0.1, 0.15) is 5.75 Å². The lowest BCUT2D eigenvalue weighted by Crippen LogP contribution is -2.38. The molecule has 0 saturated heterocycles. The SMILES string of the molecule is Cl.NC1(c2noc(CC3Oc4ccccc4NC3=O)n2)CCCC1. The zero-order valence-electron chi connectivity index (χ0n) is 13.0. The van der Waals surface area contributed by atoms with E-state index in [4.69, 9.17) is 15.0 Å². The Kier molecular flexibility index (Phi) is 4.47. The van der Waals surface area contributed by atoms with Crippen LogP contribution in [-0.4, -0.2) is 22.2 Å². The number of amides is 1. The number of carbonyl (C=O) groups is 1.